The van der Waals surface area contributed by atoms with Crippen molar-refractivity contribution >= 4 is 49.0 Å². The molecule has 236 valence electrons. The van der Waals surface area contributed by atoms with Crippen LogP contribution in [-0.4, -0.2) is 34.2 Å². The molecular weight excluding hydrogens is 720 g/mol. The summed E-state index contributed by atoms with van der Waals surface area (Å²) in [7, 11) is 6.28. The zero-order valence-corrected chi connectivity index (χ0v) is 28.6. The highest BCUT2D eigenvalue weighted by atomic mass is 79.9. The SMILES string of the molecule is COc1ccc(N2C=COC2(C(=O)C2(c3cccc(Br)c3)OC=CN2c2ccc(OC)cc2OC)c2cccc(Br)c2)c(OC)c1. The smallest absolute Gasteiger partial charge is 0.278 e. The number of Topliss-reactive ketones (excluding diaryl/α,β-unsaturated/α-hetero) is 1. The fourth-order valence-electron chi connectivity index (χ4n) is 5.80. The number of hydrogen-bond acceptors (Lipinski definition) is 9. The maximum atomic E-state index is 16.0. The van der Waals surface area contributed by atoms with Gasteiger partial charge in [0.2, 0.25) is 0 Å². The summed E-state index contributed by atoms with van der Waals surface area (Å²) in [5.41, 5.74) is -1.37. The number of rotatable bonds is 10. The van der Waals surface area contributed by atoms with Crippen LogP contribution >= 0.6 is 31.9 Å². The maximum Gasteiger partial charge on any atom is 0.278 e. The summed E-state index contributed by atoms with van der Waals surface area (Å²) >= 11 is 7.21. The van der Waals surface area contributed by atoms with Crippen LogP contribution in [0.15, 0.2) is 119 Å². The number of benzene rings is 4. The second-order valence-corrected chi connectivity index (χ2v) is 12.1. The average Bonchev–Trinajstić information content (AvgIpc) is 3.74. The van der Waals surface area contributed by atoms with Gasteiger partial charge in [0.1, 0.15) is 35.5 Å². The van der Waals surface area contributed by atoms with E-state index in [0.29, 0.717) is 45.5 Å². The highest BCUT2D eigenvalue weighted by Crippen LogP contribution is 2.52. The van der Waals surface area contributed by atoms with Crippen LogP contribution in [0.25, 0.3) is 0 Å². The Morgan fingerprint density at radius 2 is 1.04 bits per heavy atom. The molecule has 0 N–H and O–H groups in total. The molecule has 0 radical (unpaired) electrons. The fraction of sp³-hybridized carbons (Fsp3) is 0.171. The molecule has 4 aromatic rings. The second kappa shape index (κ2) is 12.6. The molecule has 2 unspecified atom stereocenters. The summed E-state index contributed by atoms with van der Waals surface area (Å²) in [5.74, 6) is 1.67. The molecule has 0 aromatic heterocycles. The van der Waals surface area contributed by atoms with Gasteiger partial charge in [0.25, 0.3) is 17.2 Å². The van der Waals surface area contributed by atoms with Crippen LogP contribution in [0.5, 0.6) is 23.0 Å². The van der Waals surface area contributed by atoms with Crippen LogP contribution in [0.1, 0.15) is 11.1 Å². The van der Waals surface area contributed by atoms with E-state index in [9.17, 15) is 0 Å². The molecule has 0 saturated heterocycles. The third-order valence-corrected chi connectivity index (χ3v) is 8.90. The van der Waals surface area contributed by atoms with Crippen LogP contribution in [0.2, 0.25) is 0 Å². The molecular formula is C35H30Br2N2O7. The first-order chi connectivity index (χ1) is 22.3. The molecule has 2 atom stereocenters. The van der Waals surface area contributed by atoms with E-state index < -0.39 is 17.2 Å². The van der Waals surface area contributed by atoms with E-state index in [0.717, 1.165) is 8.95 Å². The Hall–Kier alpha value is -4.61. The molecule has 2 aliphatic rings. The number of hydrogen-bond donors (Lipinski definition) is 0. The van der Waals surface area contributed by atoms with Crippen molar-refractivity contribution in [2.45, 2.75) is 11.4 Å². The Labute approximate surface area is 283 Å². The highest BCUT2D eigenvalue weighted by Gasteiger charge is 2.64. The van der Waals surface area contributed by atoms with Crippen molar-refractivity contribution in [2.75, 3.05) is 38.2 Å². The standard InChI is InChI=1S/C35H30Br2N2O7/c1-41-27-11-13-29(31(21-27)43-3)38-15-17-45-34(38,23-7-5-9-25(36)19-23)33(40)35(24-8-6-10-26(37)20-24)39(16-18-46-35)30-14-12-28(42-2)22-32(30)44-4/h5-22H,1-4H3. The van der Waals surface area contributed by atoms with Crippen LogP contribution in [-0.2, 0) is 25.7 Å². The molecule has 46 heavy (non-hydrogen) atoms. The first kappa shape index (κ1) is 31.4. The van der Waals surface area contributed by atoms with Gasteiger partial charge in [-0.1, -0.05) is 56.1 Å². The lowest BCUT2D eigenvalue weighted by Gasteiger charge is -2.45. The predicted octanol–water partition coefficient (Wildman–Crippen LogP) is 7.84. The summed E-state index contributed by atoms with van der Waals surface area (Å²) in [6.45, 7) is 0. The molecule has 4 aromatic carbocycles. The molecule has 0 saturated carbocycles. The van der Waals surface area contributed by atoms with Crippen molar-refractivity contribution in [3.8, 4) is 23.0 Å². The Bertz CT molecular complexity index is 1720. The minimum Gasteiger partial charge on any atom is -0.497 e. The molecule has 6 rings (SSSR count). The van der Waals surface area contributed by atoms with Gasteiger partial charge in [-0.25, -0.2) is 0 Å². The summed E-state index contributed by atoms with van der Waals surface area (Å²) in [4.78, 5) is 19.5. The van der Waals surface area contributed by atoms with Gasteiger partial charge in [-0.05, 0) is 48.5 Å². The van der Waals surface area contributed by atoms with Crippen LogP contribution in [0.3, 0.4) is 0 Å². The Balaban J connectivity index is 1.64. The zero-order chi connectivity index (χ0) is 32.5. The maximum absolute atomic E-state index is 16.0. The number of nitrogens with zero attached hydrogens (tertiary/aromatic N) is 2. The van der Waals surface area contributed by atoms with Crippen molar-refractivity contribution in [1.82, 2.24) is 0 Å². The number of methoxy groups -OCH3 is 4. The number of carbonyl (C=O) groups excluding carboxylic acids is 1. The normalized spacial score (nSPS) is 19.9. The molecule has 0 bridgehead atoms. The third-order valence-electron chi connectivity index (χ3n) is 7.92. The number of carbonyl (C=O) groups is 1. The van der Waals surface area contributed by atoms with Crippen LogP contribution in [0.4, 0.5) is 11.4 Å². The first-order valence-corrected chi connectivity index (χ1v) is 15.7. The van der Waals surface area contributed by atoms with E-state index in [1.165, 1.54) is 12.5 Å². The topological polar surface area (TPSA) is 78.9 Å². The fourth-order valence-corrected chi connectivity index (χ4v) is 6.60. The summed E-state index contributed by atoms with van der Waals surface area (Å²) in [6.07, 6.45) is 6.41. The molecule has 0 spiro atoms. The monoisotopic (exact) mass is 748 g/mol. The van der Waals surface area contributed by atoms with Crippen LogP contribution < -0.4 is 28.7 Å². The largest absolute Gasteiger partial charge is 0.497 e. The average molecular weight is 750 g/mol. The Kier molecular flexibility index (Phi) is 8.63. The number of halogens is 2. The van der Waals surface area contributed by atoms with Crippen molar-refractivity contribution < 1.29 is 33.2 Å². The lowest BCUT2D eigenvalue weighted by molar-refractivity contribution is -0.156. The molecule has 2 heterocycles. The van der Waals surface area contributed by atoms with Gasteiger partial charge < -0.3 is 28.4 Å². The number of ketones is 1. The van der Waals surface area contributed by atoms with Crippen molar-refractivity contribution in [3.63, 3.8) is 0 Å². The summed E-state index contributed by atoms with van der Waals surface area (Å²) in [6, 6.07) is 25.6. The van der Waals surface area contributed by atoms with Gasteiger partial charge in [0.15, 0.2) is 0 Å². The number of ether oxygens (including phenoxy) is 6. The Morgan fingerprint density at radius 1 is 0.609 bits per heavy atom. The first-order valence-electron chi connectivity index (χ1n) is 14.1. The lowest BCUT2D eigenvalue weighted by Crippen LogP contribution is -2.61. The van der Waals surface area contributed by atoms with Crippen molar-refractivity contribution in [3.05, 3.63) is 130 Å². The third kappa shape index (κ3) is 5.03. The van der Waals surface area contributed by atoms with Crippen molar-refractivity contribution in [1.29, 1.82) is 0 Å². The second-order valence-electron chi connectivity index (χ2n) is 10.3. The van der Waals surface area contributed by atoms with E-state index in [1.807, 2.05) is 60.7 Å². The molecule has 0 fully saturated rings. The van der Waals surface area contributed by atoms with E-state index in [1.54, 1.807) is 74.9 Å². The Morgan fingerprint density at radius 3 is 1.41 bits per heavy atom. The van der Waals surface area contributed by atoms with E-state index in [2.05, 4.69) is 31.9 Å². The minimum atomic E-state index is -1.79. The van der Waals surface area contributed by atoms with E-state index >= 15 is 4.79 Å². The van der Waals surface area contributed by atoms with Crippen molar-refractivity contribution in [2.24, 2.45) is 0 Å². The molecule has 0 amide bonds. The van der Waals surface area contributed by atoms with E-state index in [4.69, 9.17) is 28.4 Å². The molecule has 9 nitrogen and oxygen atoms in total. The molecule has 11 heteroatoms. The van der Waals surface area contributed by atoms with Gasteiger partial charge in [0.05, 0.1) is 39.8 Å². The van der Waals surface area contributed by atoms with E-state index in [-0.39, 0.29) is 0 Å². The van der Waals surface area contributed by atoms with Gasteiger partial charge in [-0.2, -0.15) is 0 Å². The van der Waals surface area contributed by atoms with Crippen LogP contribution in [0, 0.1) is 0 Å². The van der Waals surface area contributed by atoms with Gasteiger partial charge in [-0.3, -0.25) is 14.6 Å². The highest BCUT2D eigenvalue weighted by molar-refractivity contribution is 9.10. The molecule has 2 aliphatic heterocycles. The summed E-state index contributed by atoms with van der Waals surface area (Å²) < 4.78 is 37.1. The predicted molar refractivity (Wildman–Crippen MR) is 181 cm³/mol. The quantitative estimate of drug-likeness (QED) is 0.161. The van der Waals surface area contributed by atoms with Gasteiger partial charge in [-0.15, -0.1) is 0 Å². The molecule has 0 aliphatic carbocycles. The minimum absolute atomic E-state index is 0.457. The van der Waals surface area contributed by atoms with Gasteiger partial charge >= 0.3 is 0 Å². The zero-order valence-electron chi connectivity index (χ0n) is 25.4. The van der Waals surface area contributed by atoms with Gasteiger partial charge in [0, 0.05) is 44.6 Å². The number of anilines is 2. The summed E-state index contributed by atoms with van der Waals surface area (Å²) in [5, 5.41) is 0. The lowest BCUT2D eigenvalue weighted by atomic mass is 9.84.